The molecule has 1 fully saturated rings. The molecule has 1 aliphatic heterocycles. The zero-order valence-electron chi connectivity index (χ0n) is 11.8. The molecule has 0 radical (unpaired) electrons. The zero-order valence-corrected chi connectivity index (χ0v) is 12.7. The number of hydrogen-bond donors (Lipinski definition) is 2. The molecular weight excluding hydrogens is 295 g/mol. The van der Waals surface area contributed by atoms with Gasteiger partial charge in [0.15, 0.2) is 0 Å². The van der Waals surface area contributed by atoms with Gasteiger partial charge < -0.3 is 5.11 Å². The third kappa shape index (κ3) is 4.47. The first-order valence-corrected chi connectivity index (χ1v) is 8.58. The summed E-state index contributed by atoms with van der Waals surface area (Å²) in [5.74, 6) is -0.327. The van der Waals surface area contributed by atoms with Gasteiger partial charge in [0.05, 0.1) is 6.61 Å². The van der Waals surface area contributed by atoms with E-state index in [1.54, 1.807) is 12.1 Å². The number of rotatable bonds is 6. The monoisotopic (exact) mass is 316 g/mol. The molecule has 118 valence electrons. The van der Waals surface area contributed by atoms with Crippen LogP contribution in [0.5, 0.6) is 0 Å². The van der Waals surface area contributed by atoms with E-state index in [4.69, 9.17) is 0 Å². The summed E-state index contributed by atoms with van der Waals surface area (Å²) >= 11 is 0. The van der Waals surface area contributed by atoms with Crippen molar-refractivity contribution >= 4 is 10.2 Å². The smallest absolute Gasteiger partial charge is 0.279 e. The van der Waals surface area contributed by atoms with Crippen molar-refractivity contribution in [2.75, 3.05) is 19.7 Å². The molecule has 0 bridgehead atoms. The SMILES string of the molecule is O=S(=O)(NCCc1cccc(F)c1)N1CCCCC1CO. The van der Waals surface area contributed by atoms with Crippen LogP contribution in [-0.4, -0.2) is 43.6 Å². The first kappa shape index (κ1) is 16.4. The van der Waals surface area contributed by atoms with Crippen molar-refractivity contribution in [2.24, 2.45) is 0 Å². The Morgan fingerprint density at radius 3 is 2.90 bits per heavy atom. The van der Waals surface area contributed by atoms with Gasteiger partial charge in [0.2, 0.25) is 0 Å². The van der Waals surface area contributed by atoms with E-state index in [2.05, 4.69) is 4.72 Å². The third-order valence-electron chi connectivity index (χ3n) is 3.68. The van der Waals surface area contributed by atoms with E-state index >= 15 is 0 Å². The van der Waals surface area contributed by atoms with Crippen LogP contribution in [0.15, 0.2) is 24.3 Å². The Bertz CT molecular complexity index is 565. The van der Waals surface area contributed by atoms with Crippen molar-refractivity contribution < 1.29 is 17.9 Å². The molecule has 1 atom stereocenters. The number of hydrogen-bond acceptors (Lipinski definition) is 3. The highest BCUT2D eigenvalue weighted by atomic mass is 32.2. The molecule has 2 rings (SSSR count). The second-order valence-electron chi connectivity index (χ2n) is 5.22. The highest BCUT2D eigenvalue weighted by molar-refractivity contribution is 7.87. The minimum Gasteiger partial charge on any atom is -0.395 e. The summed E-state index contributed by atoms with van der Waals surface area (Å²) in [4.78, 5) is 0. The summed E-state index contributed by atoms with van der Waals surface area (Å²) in [6.07, 6.45) is 2.85. The van der Waals surface area contributed by atoms with Crippen molar-refractivity contribution in [1.82, 2.24) is 9.03 Å². The maximum absolute atomic E-state index is 13.0. The first-order chi connectivity index (χ1) is 10.0. The fraction of sp³-hybridized carbons (Fsp3) is 0.571. The average Bonchev–Trinajstić information content (AvgIpc) is 2.47. The molecule has 0 amide bonds. The summed E-state index contributed by atoms with van der Waals surface area (Å²) in [7, 11) is -3.60. The van der Waals surface area contributed by atoms with Crippen molar-refractivity contribution in [3.8, 4) is 0 Å². The van der Waals surface area contributed by atoms with E-state index in [1.807, 2.05) is 0 Å². The summed E-state index contributed by atoms with van der Waals surface area (Å²) in [6, 6.07) is 5.77. The lowest BCUT2D eigenvalue weighted by Gasteiger charge is -2.33. The van der Waals surface area contributed by atoms with Crippen LogP contribution in [0.4, 0.5) is 4.39 Å². The first-order valence-electron chi connectivity index (χ1n) is 7.14. The minimum absolute atomic E-state index is 0.162. The van der Waals surface area contributed by atoms with Gasteiger partial charge in [-0.3, -0.25) is 0 Å². The highest BCUT2D eigenvalue weighted by Gasteiger charge is 2.31. The number of aliphatic hydroxyl groups excluding tert-OH is 1. The van der Waals surface area contributed by atoms with E-state index in [0.29, 0.717) is 19.4 Å². The van der Waals surface area contributed by atoms with E-state index in [0.717, 1.165) is 18.4 Å². The summed E-state index contributed by atoms with van der Waals surface area (Å²) < 4.78 is 41.4. The number of nitrogens with one attached hydrogen (secondary N) is 1. The fourth-order valence-electron chi connectivity index (χ4n) is 2.57. The average molecular weight is 316 g/mol. The molecule has 0 aliphatic carbocycles. The number of aliphatic hydroxyl groups is 1. The lowest BCUT2D eigenvalue weighted by Crippen LogP contribution is -2.50. The van der Waals surface area contributed by atoms with Crippen LogP contribution in [0, 0.1) is 5.82 Å². The molecule has 1 heterocycles. The second-order valence-corrected chi connectivity index (χ2v) is 6.93. The molecule has 0 spiro atoms. The summed E-state index contributed by atoms with van der Waals surface area (Å²) in [5.41, 5.74) is 0.745. The molecule has 1 unspecified atom stereocenters. The largest absolute Gasteiger partial charge is 0.395 e. The van der Waals surface area contributed by atoms with Gasteiger partial charge in [-0.1, -0.05) is 18.6 Å². The van der Waals surface area contributed by atoms with Gasteiger partial charge in [0.1, 0.15) is 5.82 Å². The predicted molar refractivity (Wildman–Crippen MR) is 78.5 cm³/mol. The van der Waals surface area contributed by atoms with Gasteiger partial charge in [-0.15, -0.1) is 0 Å². The third-order valence-corrected chi connectivity index (χ3v) is 5.35. The molecular formula is C14H21FN2O3S. The van der Waals surface area contributed by atoms with Gasteiger partial charge in [-0.2, -0.15) is 12.7 Å². The van der Waals surface area contributed by atoms with Crippen LogP contribution in [0.1, 0.15) is 24.8 Å². The molecule has 1 saturated heterocycles. The lowest BCUT2D eigenvalue weighted by molar-refractivity contribution is 0.154. The molecule has 2 N–H and O–H groups in total. The Hall–Kier alpha value is -1.02. The number of benzene rings is 1. The number of nitrogens with zero attached hydrogens (tertiary/aromatic N) is 1. The van der Waals surface area contributed by atoms with Gasteiger partial charge in [0.25, 0.3) is 10.2 Å². The molecule has 1 aliphatic rings. The predicted octanol–water partition coefficient (Wildman–Crippen LogP) is 1.05. The van der Waals surface area contributed by atoms with Crippen molar-refractivity contribution in [3.63, 3.8) is 0 Å². The van der Waals surface area contributed by atoms with E-state index < -0.39 is 10.2 Å². The van der Waals surface area contributed by atoms with Gasteiger partial charge in [-0.25, -0.2) is 9.11 Å². The standard InChI is InChI=1S/C14H21FN2O3S/c15-13-5-3-4-12(10-13)7-8-16-21(19,20)17-9-2-1-6-14(17)11-18/h3-5,10,14,16,18H,1-2,6-9,11H2. The molecule has 1 aromatic carbocycles. The maximum atomic E-state index is 13.0. The van der Waals surface area contributed by atoms with Crippen molar-refractivity contribution in [2.45, 2.75) is 31.7 Å². The van der Waals surface area contributed by atoms with Crippen LogP contribution in [0.3, 0.4) is 0 Å². The lowest BCUT2D eigenvalue weighted by atomic mass is 10.1. The van der Waals surface area contributed by atoms with E-state index in [9.17, 15) is 17.9 Å². The Morgan fingerprint density at radius 2 is 2.19 bits per heavy atom. The van der Waals surface area contributed by atoms with Crippen LogP contribution in [-0.2, 0) is 16.6 Å². The molecule has 0 aromatic heterocycles. The van der Waals surface area contributed by atoms with Crippen LogP contribution in [0.25, 0.3) is 0 Å². The Kier molecular flexibility index (Phi) is 5.69. The fourth-order valence-corrected chi connectivity index (χ4v) is 4.03. The maximum Gasteiger partial charge on any atom is 0.279 e. The summed E-state index contributed by atoms with van der Waals surface area (Å²) in [5, 5.41) is 9.28. The molecule has 5 nitrogen and oxygen atoms in total. The van der Waals surface area contributed by atoms with E-state index in [-0.39, 0.29) is 25.0 Å². The quantitative estimate of drug-likeness (QED) is 0.824. The van der Waals surface area contributed by atoms with Crippen molar-refractivity contribution in [3.05, 3.63) is 35.6 Å². The van der Waals surface area contributed by atoms with Gasteiger partial charge >= 0.3 is 0 Å². The van der Waals surface area contributed by atoms with E-state index in [1.165, 1.54) is 16.4 Å². The van der Waals surface area contributed by atoms with Crippen LogP contribution >= 0.6 is 0 Å². The van der Waals surface area contributed by atoms with Crippen molar-refractivity contribution in [1.29, 1.82) is 0 Å². The Balaban J connectivity index is 1.91. The highest BCUT2D eigenvalue weighted by Crippen LogP contribution is 2.19. The Labute approximate surface area is 125 Å². The van der Waals surface area contributed by atoms with Gasteiger partial charge in [-0.05, 0) is 37.0 Å². The molecule has 21 heavy (non-hydrogen) atoms. The normalized spacial score (nSPS) is 20.6. The molecule has 1 aromatic rings. The summed E-state index contributed by atoms with van der Waals surface area (Å²) in [6.45, 7) is 0.478. The number of halogens is 1. The van der Waals surface area contributed by atoms with Crippen LogP contribution in [0.2, 0.25) is 0 Å². The zero-order chi connectivity index (χ0) is 15.3. The topological polar surface area (TPSA) is 69.6 Å². The second kappa shape index (κ2) is 7.31. The van der Waals surface area contributed by atoms with Gasteiger partial charge in [0, 0.05) is 19.1 Å². The number of piperidine rings is 1. The molecule has 0 saturated carbocycles. The molecule has 7 heteroatoms. The Morgan fingerprint density at radius 1 is 1.38 bits per heavy atom. The van der Waals surface area contributed by atoms with Crippen LogP contribution < -0.4 is 4.72 Å². The minimum atomic E-state index is -3.60.